The summed E-state index contributed by atoms with van der Waals surface area (Å²) in [5.74, 6) is 0.511. The normalized spacial score (nSPS) is 10.6. The fourth-order valence-corrected chi connectivity index (χ4v) is 3.17. The van der Waals surface area contributed by atoms with Gasteiger partial charge in [0.1, 0.15) is 5.75 Å². The first-order chi connectivity index (χ1) is 13.7. The fraction of sp³-hybridized carbons (Fsp3) is 0.261. The SMILES string of the molecule is COCCN(Cc1cccn1Cc1ccccc1)C(=O)c1ccccc1OC. The monoisotopic (exact) mass is 378 g/mol. The Bertz CT molecular complexity index is 890. The van der Waals surface area contributed by atoms with E-state index in [4.69, 9.17) is 9.47 Å². The van der Waals surface area contributed by atoms with Gasteiger partial charge in [-0.05, 0) is 29.8 Å². The van der Waals surface area contributed by atoms with Gasteiger partial charge < -0.3 is 18.9 Å². The number of hydrogen-bond donors (Lipinski definition) is 0. The van der Waals surface area contributed by atoms with E-state index in [2.05, 4.69) is 22.8 Å². The van der Waals surface area contributed by atoms with Crippen LogP contribution in [0.3, 0.4) is 0 Å². The van der Waals surface area contributed by atoms with Gasteiger partial charge in [0.2, 0.25) is 0 Å². The van der Waals surface area contributed by atoms with E-state index in [0.717, 1.165) is 12.2 Å². The van der Waals surface area contributed by atoms with Crippen molar-refractivity contribution in [2.24, 2.45) is 0 Å². The quantitative estimate of drug-likeness (QED) is 0.568. The third kappa shape index (κ3) is 4.81. The standard InChI is InChI=1S/C23H26N2O3/c1-27-16-15-25(23(26)21-12-6-7-13-22(21)28-2)18-20-11-8-14-24(20)17-19-9-4-3-5-10-19/h3-14H,15-18H2,1-2H3. The molecule has 5 nitrogen and oxygen atoms in total. The molecule has 5 heteroatoms. The summed E-state index contributed by atoms with van der Waals surface area (Å²) in [6.45, 7) is 2.24. The summed E-state index contributed by atoms with van der Waals surface area (Å²) >= 11 is 0. The maximum atomic E-state index is 13.2. The summed E-state index contributed by atoms with van der Waals surface area (Å²) in [6.07, 6.45) is 2.05. The van der Waals surface area contributed by atoms with Crippen molar-refractivity contribution in [2.45, 2.75) is 13.1 Å². The van der Waals surface area contributed by atoms with Gasteiger partial charge in [-0.2, -0.15) is 0 Å². The number of methoxy groups -OCH3 is 2. The predicted molar refractivity (Wildman–Crippen MR) is 110 cm³/mol. The van der Waals surface area contributed by atoms with Crippen molar-refractivity contribution in [1.29, 1.82) is 0 Å². The van der Waals surface area contributed by atoms with Crippen LogP contribution in [0.4, 0.5) is 0 Å². The van der Waals surface area contributed by atoms with Crippen LogP contribution in [0.5, 0.6) is 5.75 Å². The van der Waals surface area contributed by atoms with E-state index in [1.54, 1.807) is 31.3 Å². The number of nitrogens with zero attached hydrogens (tertiary/aromatic N) is 2. The minimum Gasteiger partial charge on any atom is -0.496 e. The van der Waals surface area contributed by atoms with Crippen molar-refractivity contribution >= 4 is 5.91 Å². The van der Waals surface area contributed by atoms with Crippen LogP contribution in [0.2, 0.25) is 0 Å². The van der Waals surface area contributed by atoms with Gasteiger partial charge in [-0.1, -0.05) is 42.5 Å². The van der Waals surface area contributed by atoms with Gasteiger partial charge in [-0.3, -0.25) is 4.79 Å². The van der Waals surface area contributed by atoms with Gasteiger partial charge in [0.05, 0.1) is 25.8 Å². The molecule has 0 saturated carbocycles. The molecule has 1 aromatic heterocycles. The summed E-state index contributed by atoms with van der Waals surface area (Å²) in [6, 6.07) is 21.7. The lowest BCUT2D eigenvalue weighted by molar-refractivity contribution is 0.0673. The van der Waals surface area contributed by atoms with Crippen molar-refractivity contribution in [3.63, 3.8) is 0 Å². The summed E-state index contributed by atoms with van der Waals surface area (Å²) in [5.41, 5.74) is 2.85. The Morgan fingerprint density at radius 1 is 0.964 bits per heavy atom. The number of rotatable bonds is 9. The Morgan fingerprint density at radius 2 is 1.71 bits per heavy atom. The number of benzene rings is 2. The maximum Gasteiger partial charge on any atom is 0.258 e. The Labute approximate surface area is 166 Å². The highest BCUT2D eigenvalue weighted by molar-refractivity contribution is 5.96. The lowest BCUT2D eigenvalue weighted by atomic mass is 10.1. The fourth-order valence-electron chi connectivity index (χ4n) is 3.17. The molecular weight excluding hydrogens is 352 g/mol. The lowest BCUT2D eigenvalue weighted by Gasteiger charge is -2.24. The molecule has 0 unspecified atom stereocenters. The van der Waals surface area contributed by atoms with Crippen LogP contribution in [-0.4, -0.2) is 42.7 Å². The molecular formula is C23H26N2O3. The van der Waals surface area contributed by atoms with Crippen molar-refractivity contribution in [3.05, 3.63) is 89.7 Å². The molecule has 0 bridgehead atoms. The summed E-state index contributed by atoms with van der Waals surface area (Å²) < 4.78 is 12.8. The Morgan fingerprint density at radius 3 is 2.46 bits per heavy atom. The smallest absolute Gasteiger partial charge is 0.258 e. The molecule has 3 aromatic rings. The van der Waals surface area contributed by atoms with E-state index in [1.807, 2.05) is 42.6 Å². The van der Waals surface area contributed by atoms with Crippen LogP contribution < -0.4 is 4.74 Å². The topological polar surface area (TPSA) is 43.7 Å². The molecule has 0 spiro atoms. The second kappa shape index (κ2) is 9.76. The predicted octanol–water partition coefficient (Wildman–Crippen LogP) is 3.83. The van der Waals surface area contributed by atoms with Crippen molar-refractivity contribution in [1.82, 2.24) is 9.47 Å². The highest BCUT2D eigenvalue weighted by atomic mass is 16.5. The van der Waals surface area contributed by atoms with Crippen molar-refractivity contribution in [2.75, 3.05) is 27.4 Å². The number of amides is 1. The molecule has 0 aliphatic carbocycles. The molecule has 2 aromatic carbocycles. The minimum absolute atomic E-state index is 0.0676. The second-order valence-electron chi connectivity index (χ2n) is 6.53. The zero-order valence-electron chi connectivity index (χ0n) is 16.4. The molecule has 3 rings (SSSR count). The van der Waals surface area contributed by atoms with Gasteiger partial charge in [-0.25, -0.2) is 0 Å². The number of ether oxygens (including phenoxy) is 2. The van der Waals surface area contributed by atoms with Crippen LogP contribution in [0.1, 0.15) is 21.6 Å². The van der Waals surface area contributed by atoms with Crippen molar-refractivity contribution < 1.29 is 14.3 Å². The Kier molecular flexibility index (Phi) is 6.87. The zero-order chi connectivity index (χ0) is 19.8. The first-order valence-corrected chi connectivity index (χ1v) is 9.32. The minimum atomic E-state index is -0.0676. The molecule has 1 amide bonds. The molecule has 28 heavy (non-hydrogen) atoms. The van der Waals surface area contributed by atoms with Gasteiger partial charge in [0.25, 0.3) is 5.91 Å². The van der Waals surface area contributed by atoms with Gasteiger partial charge in [0.15, 0.2) is 0 Å². The molecule has 1 heterocycles. The number of carbonyl (C=O) groups is 1. The van der Waals surface area contributed by atoms with Gasteiger partial charge >= 0.3 is 0 Å². The van der Waals surface area contributed by atoms with Crippen LogP contribution in [0.25, 0.3) is 0 Å². The molecule has 0 atom stereocenters. The lowest BCUT2D eigenvalue weighted by Crippen LogP contribution is -2.34. The van der Waals surface area contributed by atoms with E-state index >= 15 is 0 Å². The van der Waals surface area contributed by atoms with E-state index < -0.39 is 0 Å². The number of hydrogen-bond acceptors (Lipinski definition) is 3. The van der Waals surface area contributed by atoms with E-state index in [9.17, 15) is 4.79 Å². The third-order valence-electron chi connectivity index (χ3n) is 4.66. The van der Waals surface area contributed by atoms with Gasteiger partial charge in [-0.15, -0.1) is 0 Å². The van der Waals surface area contributed by atoms with E-state index in [1.165, 1.54) is 5.56 Å². The summed E-state index contributed by atoms with van der Waals surface area (Å²) in [5, 5.41) is 0. The molecule has 0 aliphatic rings. The van der Waals surface area contributed by atoms with Crippen molar-refractivity contribution in [3.8, 4) is 5.75 Å². The molecule has 146 valence electrons. The first-order valence-electron chi connectivity index (χ1n) is 9.32. The van der Waals surface area contributed by atoms with Crippen LogP contribution >= 0.6 is 0 Å². The summed E-state index contributed by atoms with van der Waals surface area (Å²) in [4.78, 5) is 15.0. The van der Waals surface area contributed by atoms with Crippen LogP contribution in [0, 0.1) is 0 Å². The summed E-state index contributed by atoms with van der Waals surface area (Å²) in [7, 11) is 3.22. The molecule has 0 aliphatic heterocycles. The average Bonchev–Trinajstić information content (AvgIpc) is 3.17. The largest absolute Gasteiger partial charge is 0.496 e. The second-order valence-corrected chi connectivity index (χ2v) is 6.53. The zero-order valence-corrected chi connectivity index (χ0v) is 16.4. The number of carbonyl (C=O) groups excluding carboxylic acids is 1. The average molecular weight is 378 g/mol. The molecule has 0 saturated heterocycles. The van der Waals surface area contributed by atoms with Crippen LogP contribution in [0.15, 0.2) is 72.9 Å². The Balaban J connectivity index is 1.82. The Hall–Kier alpha value is -3.05. The molecule has 0 radical (unpaired) electrons. The maximum absolute atomic E-state index is 13.2. The number of para-hydroxylation sites is 1. The highest BCUT2D eigenvalue weighted by Gasteiger charge is 2.20. The highest BCUT2D eigenvalue weighted by Crippen LogP contribution is 2.21. The van der Waals surface area contributed by atoms with E-state index in [-0.39, 0.29) is 5.91 Å². The first kappa shape index (κ1) is 19.7. The molecule has 0 N–H and O–H groups in total. The van der Waals surface area contributed by atoms with Crippen LogP contribution in [-0.2, 0) is 17.8 Å². The third-order valence-corrected chi connectivity index (χ3v) is 4.66. The number of aromatic nitrogens is 1. The molecule has 0 fully saturated rings. The van der Waals surface area contributed by atoms with Gasteiger partial charge in [0, 0.05) is 32.1 Å². The van der Waals surface area contributed by atoms with E-state index in [0.29, 0.717) is 31.0 Å².